The van der Waals surface area contributed by atoms with Gasteiger partial charge in [-0.15, -0.1) is 6.42 Å². The SMILES string of the molecule is C#CC(CC)NCc1ccc(OCCOC)c(O)c1. The van der Waals surface area contributed by atoms with E-state index >= 15 is 0 Å². The lowest BCUT2D eigenvalue weighted by molar-refractivity contribution is 0.144. The molecule has 0 aliphatic heterocycles. The summed E-state index contributed by atoms with van der Waals surface area (Å²) in [6.45, 7) is 3.55. The molecule has 0 aliphatic rings. The van der Waals surface area contributed by atoms with E-state index in [2.05, 4.69) is 11.2 Å². The van der Waals surface area contributed by atoms with Crippen molar-refractivity contribution in [1.82, 2.24) is 5.32 Å². The Morgan fingerprint density at radius 3 is 2.79 bits per heavy atom. The molecule has 0 amide bonds. The molecule has 1 atom stereocenters. The van der Waals surface area contributed by atoms with Crippen LogP contribution in [0.15, 0.2) is 18.2 Å². The number of nitrogens with one attached hydrogen (secondary N) is 1. The predicted molar refractivity (Wildman–Crippen MR) is 75.2 cm³/mol. The van der Waals surface area contributed by atoms with Crippen molar-refractivity contribution >= 4 is 0 Å². The van der Waals surface area contributed by atoms with Gasteiger partial charge >= 0.3 is 0 Å². The van der Waals surface area contributed by atoms with Gasteiger partial charge in [-0.05, 0) is 24.1 Å². The minimum atomic E-state index is 0.0553. The lowest BCUT2D eigenvalue weighted by Crippen LogP contribution is -2.26. The molecule has 1 aromatic rings. The van der Waals surface area contributed by atoms with Gasteiger partial charge in [-0.1, -0.05) is 18.9 Å². The molecule has 0 fully saturated rings. The molecule has 19 heavy (non-hydrogen) atoms. The smallest absolute Gasteiger partial charge is 0.161 e. The summed E-state index contributed by atoms with van der Waals surface area (Å²) in [6, 6.07) is 5.38. The number of terminal acetylenes is 1. The largest absolute Gasteiger partial charge is 0.504 e. The molecule has 1 unspecified atom stereocenters. The molecular weight excluding hydrogens is 242 g/mol. The van der Waals surface area contributed by atoms with E-state index in [-0.39, 0.29) is 11.8 Å². The van der Waals surface area contributed by atoms with Gasteiger partial charge in [0.15, 0.2) is 11.5 Å². The van der Waals surface area contributed by atoms with E-state index in [0.717, 1.165) is 12.0 Å². The van der Waals surface area contributed by atoms with E-state index < -0.39 is 0 Å². The van der Waals surface area contributed by atoms with Gasteiger partial charge in [0.25, 0.3) is 0 Å². The van der Waals surface area contributed by atoms with Crippen molar-refractivity contribution < 1.29 is 14.6 Å². The standard InChI is InChI=1S/C15H21NO3/c1-4-13(5-2)16-11-12-6-7-15(14(17)10-12)19-9-8-18-3/h1,6-7,10,13,16-17H,5,8-9,11H2,2-3H3. The zero-order chi connectivity index (χ0) is 14.1. The van der Waals surface area contributed by atoms with Gasteiger partial charge in [0, 0.05) is 13.7 Å². The number of ether oxygens (including phenoxy) is 2. The van der Waals surface area contributed by atoms with Gasteiger partial charge in [0.05, 0.1) is 12.6 Å². The first kappa shape index (κ1) is 15.4. The summed E-state index contributed by atoms with van der Waals surface area (Å²) in [6.07, 6.45) is 6.25. The number of methoxy groups -OCH3 is 1. The second-order valence-corrected chi connectivity index (χ2v) is 4.15. The van der Waals surface area contributed by atoms with Crippen LogP contribution < -0.4 is 10.1 Å². The molecule has 1 aromatic carbocycles. The Morgan fingerprint density at radius 2 is 2.21 bits per heavy atom. The maximum Gasteiger partial charge on any atom is 0.161 e. The molecule has 104 valence electrons. The highest BCUT2D eigenvalue weighted by atomic mass is 16.5. The Labute approximate surface area is 114 Å². The summed E-state index contributed by atoms with van der Waals surface area (Å²) in [5, 5.41) is 13.1. The zero-order valence-electron chi connectivity index (χ0n) is 11.5. The molecular formula is C15H21NO3. The van der Waals surface area contributed by atoms with E-state index in [0.29, 0.717) is 25.5 Å². The lowest BCUT2D eigenvalue weighted by Gasteiger charge is -2.12. The van der Waals surface area contributed by atoms with Crippen molar-refractivity contribution in [3.8, 4) is 23.8 Å². The fourth-order valence-electron chi connectivity index (χ4n) is 1.59. The van der Waals surface area contributed by atoms with Gasteiger partial charge in [0.2, 0.25) is 0 Å². The van der Waals surface area contributed by atoms with E-state index in [1.807, 2.05) is 13.0 Å². The molecule has 0 spiro atoms. The average molecular weight is 263 g/mol. The number of benzene rings is 1. The minimum absolute atomic E-state index is 0.0553. The number of phenolic OH excluding ortho intramolecular Hbond substituents is 1. The third-order valence-corrected chi connectivity index (χ3v) is 2.73. The molecule has 2 N–H and O–H groups in total. The summed E-state index contributed by atoms with van der Waals surface area (Å²) in [4.78, 5) is 0. The van der Waals surface area contributed by atoms with Crippen LogP contribution in [0, 0.1) is 12.3 Å². The van der Waals surface area contributed by atoms with Crippen molar-refractivity contribution in [2.45, 2.75) is 25.9 Å². The van der Waals surface area contributed by atoms with Crippen LogP contribution in [0.3, 0.4) is 0 Å². The van der Waals surface area contributed by atoms with Crippen LogP contribution in [-0.2, 0) is 11.3 Å². The third-order valence-electron chi connectivity index (χ3n) is 2.73. The van der Waals surface area contributed by atoms with Crippen LogP contribution in [0.1, 0.15) is 18.9 Å². The Morgan fingerprint density at radius 1 is 1.42 bits per heavy atom. The molecule has 0 bridgehead atoms. The highest BCUT2D eigenvalue weighted by Crippen LogP contribution is 2.26. The number of hydrogen-bond donors (Lipinski definition) is 2. The van der Waals surface area contributed by atoms with Gasteiger partial charge in [-0.3, -0.25) is 5.32 Å². The van der Waals surface area contributed by atoms with Crippen LogP contribution in [0.4, 0.5) is 0 Å². The first-order valence-corrected chi connectivity index (χ1v) is 6.34. The molecule has 0 radical (unpaired) electrons. The van der Waals surface area contributed by atoms with Gasteiger partial charge in [-0.25, -0.2) is 0 Å². The number of aromatic hydroxyl groups is 1. The Kier molecular flexibility index (Phi) is 6.80. The van der Waals surface area contributed by atoms with Crippen LogP contribution in [-0.4, -0.2) is 31.5 Å². The molecule has 0 aromatic heterocycles. The van der Waals surface area contributed by atoms with Gasteiger partial charge in [-0.2, -0.15) is 0 Å². The summed E-state index contributed by atoms with van der Waals surface area (Å²) in [5.41, 5.74) is 0.963. The summed E-state index contributed by atoms with van der Waals surface area (Å²) in [7, 11) is 1.60. The maximum atomic E-state index is 9.84. The fourth-order valence-corrected chi connectivity index (χ4v) is 1.59. The van der Waals surface area contributed by atoms with Crippen molar-refractivity contribution in [3.63, 3.8) is 0 Å². The number of rotatable bonds is 8. The van der Waals surface area contributed by atoms with E-state index in [9.17, 15) is 5.11 Å². The third kappa shape index (κ3) is 5.21. The van der Waals surface area contributed by atoms with Crippen molar-refractivity contribution in [2.75, 3.05) is 20.3 Å². The molecule has 0 saturated carbocycles. The molecule has 0 aliphatic carbocycles. The quantitative estimate of drug-likeness (QED) is 0.556. The Balaban J connectivity index is 2.54. The zero-order valence-corrected chi connectivity index (χ0v) is 11.5. The summed E-state index contributed by atoms with van der Waals surface area (Å²) < 4.78 is 10.3. The highest BCUT2D eigenvalue weighted by Gasteiger charge is 2.05. The van der Waals surface area contributed by atoms with Crippen molar-refractivity contribution in [2.24, 2.45) is 0 Å². The van der Waals surface area contributed by atoms with Gasteiger partial charge in [0.1, 0.15) is 6.61 Å². The fraction of sp³-hybridized carbons (Fsp3) is 0.467. The molecule has 0 saturated heterocycles. The number of phenols is 1. The van der Waals surface area contributed by atoms with E-state index in [1.54, 1.807) is 19.2 Å². The van der Waals surface area contributed by atoms with Crippen LogP contribution in [0.5, 0.6) is 11.5 Å². The van der Waals surface area contributed by atoms with Crippen molar-refractivity contribution in [1.29, 1.82) is 0 Å². The van der Waals surface area contributed by atoms with Crippen LogP contribution in [0.25, 0.3) is 0 Å². The van der Waals surface area contributed by atoms with Gasteiger partial charge < -0.3 is 14.6 Å². The monoisotopic (exact) mass is 263 g/mol. The lowest BCUT2D eigenvalue weighted by atomic mass is 10.1. The Hall–Kier alpha value is -1.70. The van der Waals surface area contributed by atoms with E-state index in [4.69, 9.17) is 15.9 Å². The topological polar surface area (TPSA) is 50.7 Å². The summed E-state index contributed by atoms with van der Waals surface area (Å²) >= 11 is 0. The second kappa shape index (κ2) is 8.41. The maximum absolute atomic E-state index is 9.84. The highest BCUT2D eigenvalue weighted by molar-refractivity contribution is 5.41. The summed E-state index contributed by atoms with van der Waals surface area (Å²) in [5.74, 6) is 3.26. The first-order valence-electron chi connectivity index (χ1n) is 6.34. The van der Waals surface area contributed by atoms with E-state index in [1.165, 1.54) is 0 Å². The van der Waals surface area contributed by atoms with Crippen LogP contribution in [0.2, 0.25) is 0 Å². The molecule has 0 heterocycles. The number of hydrogen-bond acceptors (Lipinski definition) is 4. The average Bonchev–Trinajstić information content (AvgIpc) is 2.42. The molecule has 4 nitrogen and oxygen atoms in total. The second-order valence-electron chi connectivity index (χ2n) is 4.15. The molecule has 1 rings (SSSR count). The van der Waals surface area contributed by atoms with Crippen molar-refractivity contribution in [3.05, 3.63) is 23.8 Å². The predicted octanol–water partition coefficient (Wildman–Crippen LogP) is 1.92. The Bertz CT molecular complexity index is 426. The van der Waals surface area contributed by atoms with Crippen LogP contribution >= 0.6 is 0 Å². The molecule has 4 heteroatoms. The normalized spacial score (nSPS) is 11.8. The minimum Gasteiger partial charge on any atom is -0.504 e. The first-order chi connectivity index (χ1) is 9.21.